The Bertz CT molecular complexity index is 971. The molecule has 29 heavy (non-hydrogen) atoms. The van der Waals surface area contributed by atoms with Gasteiger partial charge in [0.25, 0.3) is 0 Å². The van der Waals surface area contributed by atoms with E-state index in [4.69, 9.17) is 0 Å². The van der Waals surface area contributed by atoms with Gasteiger partial charge in [-0.3, -0.25) is 4.79 Å². The van der Waals surface area contributed by atoms with Crippen molar-refractivity contribution in [3.8, 4) is 0 Å². The smallest absolute Gasteiger partial charge is 0.234 e. The average molecular weight is 427 g/mol. The maximum atomic E-state index is 12.6. The number of benzene rings is 1. The van der Waals surface area contributed by atoms with Crippen molar-refractivity contribution in [2.45, 2.75) is 44.3 Å². The van der Waals surface area contributed by atoms with E-state index in [9.17, 15) is 4.79 Å². The summed E-state index contributed by atoms with van der Waals surface area (Å²) in [5.41, 5.74) is 1.93. The van der Waals surface area contributed by atoms with Crippen molar-refractivity contribution in [1.82, 2.24) is 14.8 Å². The number of thioether (sulfide) groups is 1. The molecule has 0 aliphatic carbocycles. The van der Waals surface area contributed by atoms with Crippen LogP contribution in [0.4, 0.5) is 5.69 Å². The number of para-hydroxylation sites is 1. The fraction of sp³-hybridized carbons (Fsp3) is 0.318. The van der Waals surface area contributed by atoms with Crippen LogP contribution in [0.25, 0.3) is 0 Å². The van der Waals surface area contributed by atoms with E-state index in [0.717, 1.165) is 28.7 Å². The highest BCUT2D eigenvalue weighted by molar-refractivity contribution is 7.99. The number of carbonyl (C=O) groups is 1. The number of rotatable bonds is 8. The lowest BCUT2D eigenvalue weighted by Crippen LogP contribution is -2.20. The zero-order chi connectivity index (χ0) is 20.9. The lowest BCUT2D eigenvalue weighted by atomic mass is 9.86. The molecule has 1 aromatic carbocycles. The highest BCUT2D eigenvalue weighted by atomic mass is 32.2. The maximum Gasteiger partial charge on any atom is 0.234 e. The van der Waals surface area contributed by atoms with Crippen LogP contribution < -0.4 is 5.32 Å². The summed E-state index contributed by atoms with van der Waals surface area (Å²) in [5, 5.41) is 14.5. The molecule has 0 saturated carbocycles. The van der Waals surface area contributed by atoms with Crippen LogP contribution >= 0.6 is 23.1 Å². The largest absolute Gasteiger partial charge is 0.325 e. The van der Waals surface area contributed by atoms with E-state index in [1.165, 1.54) is 16.6 Å². The third kappa shape index (κ3) is 5.58. The Balaban J connectivity index is 1.68. The molecule has 3 rings (SSSR count). The topological polar surface area (TPSA) is 59.8 Å². The summed E-state index contributed by atoms with van der Waals surface area (Å²) in [4.78, 5) is 13.8. The van der Waals surface area contributed by atoms with Crippen molar-refractivity contribution >= 4 is 34.7 Å². The zero-order valence-electron chi connectivity index (χ0n) is 17.0. The normalized spacial score (nSPS) is 11.4. The lowest BCUT2D eigenvalue weighted by Gasteiger charge is -2.22. The molecule has 0 saturated heterocycles. The fourth-order valence-electron chi connectivity index (χ4n) is 3.00. The molecular weight excluding hydrogens is 400 g/mol. The van der Waals surface area contributed by atoms with E-state index >= 15 is 0 Å². The van der Waals surface area contributed by atoms with Crippen LogP contribution in [-0.2, 0) is 23.2 Å². The van der Waals surface area contributed by atoms with Crippen molar-refractivity contribution < 1.29 is 4.79 Å². The van der Waals surface area contributed by atoms with Gasteiger partial charge < -0.3 is 9.88 Å². The van der Waals surface area contributed by atoms with Gasteiger partial charge in [0.2, 0.25) is 5.91 Å². The summed E-state index contributed by atoms with van der Waals surface area (Å²) in [6, 6.07) is 12.1. The minimum absolute atomic E-state index is 0.0438. The van der Waals surface area contributed by atoms with E-state index in [2.05, 4.69) is 60.4 Å². The molecule has 0 aliphatic heterocycles. The lowest BCUT2D eigenvalue weighted by molar-refractivity contribution is -0.113. The Morgan fingerprint density at radius 1 is 1.24 bits per heavy atom. The quantitative estimate of drug-likeness (QED) is 0.400. The van der Waals surface area contributed by atoms with E-state index in [0.29, 0.717) is 6.54 Å². The number of anilines is 1. The molecule has 2 heterocycles. The molecule has 2 aromatic heterocycles. The summed E-state index contributed by atoms with van der Waals surface area (Å²) in [5.74, 6) is 1.10. The fourth-order valence-corrected chi connectivity index (χ4v) is 4.47. The number of hydrogen-bond acceptors (Lipinski definition) is 5. The molecule has 0 unspecified atom stereocenters. The van der Waals surface area contributed by atoms with Gasteiger partial charge in [0, 0.05) is 23.5 Å². The molecule has 0 radical (unpaired) electrons. The summed E-state index contributed by atoms with van der Waals surface area (Å²) >= 11 is 3.09. The minimum atomic E-state index is -0.0559. The van der Waals surface area contributed by atoms with E-state index in [1.807, 2.05) is 34.9 Å². The second-order valence-corrected chi connectivity index (χ2v) is 9.66. The highest BCUT2D eigenvalue weighted by Crippen LogP contribution is 2.29. The van der Waals surface area contributed by atoms with Gasteiger partial charge in [-0.15, -0.1) is 28.1 Å². The number of nitrogens with zero attached hydrogens (tertiary/aromatic N) is 3. The number of allylic oxidation sites excluding steroid dienone is 1. The maximum absolute atomic E-state index is 12.6. The van der Waals surface area contributed by atoms with E-state index in [1.54, 1.807) is 11.3 Å². The third-order valence-corrected chi connectivity index (χ3v) is 6.20. The molecule has 5 nitrogen and oxygen atoms in total. The van der Waals surface area contributed by atoms with Crippen LogP contribution in [0.3, 0.4) is 0 Å². The summed E-state index contributed by atoms with van der Waals surface area (Å²) in [6.45, 7) is 10.9. The first-order chi connectivity index (χ1) is 13.9. The average Bonchev–Trinajstić information content (AvgIpc) is 3.31. The molecule has 0 aliphatic rings. The highest BCUT2D eigenvalue weighted by Gasteiger charge is 2.19. The number of aromatic nitrogens is 3. The van der Waals surface area contributed by atoms with Crippen molar-refractivity contribution in [2.75, 3.05) is 11.1 Å². The van der Waals surface area contributed by atoms with E-state index < -0.39 is 0 Å². The van der Waals surface area contributed by atoms with Crippen LogP contribution in [0.15, 0.2) is 59.6 Å². The number of thiophene rings is 1. The first-order valence-electron chi connectivity index (χ1n) is 9.46. The van der Waals surface area contributed by atoms with E-state index in [-0.39, 0.29) is 17.1 Å². The molecule has 1 N–H and O–H groups in total. The Hall–Kier alpha value is -2.38. The number of nitrogens with one attached hydrogen (secondary N) is 1. The van der Waals surface area contributed by atoms with Gasteiger partial charge >= 0.3 is 0 Å². The van der Waals surface area contributed by atoms with Crippen molar-refractivity contribution in [1.29, 1.82) is 0 Å². The molecule has 0 fully saturated rings. The minimum Gasteiger partial charge on any atom is -0.325 e. The first kappa shape index (κ1) is 21.3. The second-order valence-electron chi connectivity index (χ2n) is 7.69. The second kappa shape index (κ2) is 9.41. The molecule has 0 bridgehead atoms. The SMILES string of the molecule is C=CCn1c(Cc2cccs2)nnc1SCC(=O)Nc1ccccc1C(C)(C)C. The van der Waals surface area contributed by atoms with Crippen molar-refractivity contribution in [3.63, 3.8) is 0 Å². The molecular formula is C22H26N4OS2. The Morgan fingerprint density at radius 2 is 2.03 bits per heavy atom. The van der Waals surface area contributed by atoms with Crippen LogP contribution in [0.2, 0.25) is 0 Å². The van der Waals surface area contributed by atoms with Crippen molar-refractivity contribution in [3.05, 3.63) is 70.7 Å². The van der Waals surface area contributed by atoms with Crippen molar-refractivity contribution in [2.24, 2.45) is 0 Å². The van der Waals surface area contributed by atoms with Gasteiger partial charge in [-0.2, -0.15) is 0 Å². The van der Waals surface area contributed by atoms with Gasteiger partial charge in [-0.05, 0) is 28.5 Å². The molecule has 0 spiro atoms. The van der Waals surface area contributed by atoms with Gasteiger partial charge in [0.05, 0.1) is 5.75 Å². The van der Waals surface area contributed by atoms with Gasteiger partial charge in [-0.1, -0.05) is 62.9 Å². The van der Waals surface area contributed by atoms with Crippen LogP contribution in [0, 0.1) is 0 Å². The standard InChI is InChI=1S/C22H26N4OS2/c1-5-12-26-19(14-16-9-8-13-28-16)24-25-21(26)29-15-20(27)23-18-11-7-6-10-17(18)22(2,3)4/h5-11,13H,1,12,14-15H2,2-4H3,(H,23,27). The Kier molecular flexibility index (Phi) is 6.92. The first-order valence-corrected chi connectivity index (χ1v) is 11.3. The monoisotopic (exact) mass is 426 g/mol. The summed E-state index contributed by atoms with van der Waals surface area (Å²) in [6.07, 6.45) is 2.55. The Labute approximate surface area is 180 Å². The zero-order valence-corrected chi connectivity index (χ0v) is 18.6. The van der Waals surface area contributed by atoms with Crippen LogP contribution in [0.1, 0.15) is 37.0 Å². The molecule has 0 atom stereocenters. The van der Waals surface area contributed by atoms with Gasteiger partial charge in [-0.25, -0.2) is 0 Å². The number of amides is 1. The van der Waals surface area contributed by atoms with Gasteiger partial charge in [0.15, 0.2) is 5.16 Å². The molecule has 3 aromatic rings. The summed E-state index contributed by atoms with van der Waals surface area (Å²) < 4.78 is 2.02. The third-order valence-electron chi connectivity index (χ3n) is 4.36. The number of hydrogen-bond donors (Lipinski definition) is 1. The van der Waals surface area contributed by atoms with Crippen LogP contribution in [0.5, 0.6) is 0 Å². The molecule has 1 amide bonds. The van der Waals surface area contributed by atoms with Gasteiger partial charge in [0.1, 0.15) is 5.82 Å². The molecule has 152 valence electrons. The predicted octanol–water partition coefficient (Wildman–Crippen LogP) is 5.14. The Morgan fingerprint density at radius 3 is 2.72 bits per heavy atom. The van der Waals surface area contributed by atoms with Crippen LogP contribution in [-0.4, -0.2) is 26.4 Å². The molecule has 7 heteroatoms. The number of carbonyl (C=O) groups excluding carboxylic acids is 1. The predicted molar refractivity (Wildman–Crippen MR) is 122 cm³/mol. The summed E-state index contributed by atoms with van der Waals surface area (Å²) in [7, 11) is 0.